The molecular formula is C19H14O. The van der Waals surface area contributed by atoms with Gasteiger partial charge in [-0.05, 0) is 17.7 Å². The van der Waals surface area contributed by atoms with E-state index in [2.05, 4.69) is 54.6 Å². The number of hydrogen-bond donors (Lipinski definition) is 0. The minimum atomic E-state index is -0.304. The molecule has 0 amide bonds. The van der Waals surface area contributed by atoms with Gasteiger partial charge in [-0.2, -0.15) is 0 Å². The van der Waals surface area contributed by atoms with Gasteiger partial charge >= 0.3 is 0 Å². The quantitative estimate of drug-likeness (QED) is 0.737. The summed E-state index contributed by atoms with van der Waals surface area (Å²) in [7, 11) is 0. The first-order chi connectivity index (χ1) is 9.91. The minimum Gasteiger partial charge on any atom is -0.460 e. The zero-order valence-electron chi connectivity index (χ0n) is 11.0. The van der Waals surface area contributed by atoms with Crippen molar-refractivity contribution in [1.29, 1.82) is 0 Å². The summed E-state index contributed by atoms with van der Waals surface area (Å²) in [5.74, 6) is 1.91. The lowest BCUT2D eigenvalue weighted by Gasteiger charge is -2.26. The Kier molecular flexibility index (Phi) is 2.40. The number of benzene rings is 2. The highest BCUT2D eigenvalue weighted by atomic mass is 16.5. The van der Waals surface area contributed by atoms with E-state index < -0.39 is 0 Å². The van der Waals surface area contributed by atoms with Gasteiger partial charge in [0.05, 0.1) is 0 Å². The molecule has 1 heterocycles. The highest BCUT2D eigenvalue weighted by Gasteiger charge is 2.44. The standard InChI is InChI=1S/C19H14O/c1-3-9-15(10-4-1)19-14-8-2-5-13-18(19)20-17-12-7-6-11-16(17)19/h1-14H. The van der Waals surface area contributed by atoms with Gasteiger partial charge in [-0.3, -0.25) is 0 Å². The van der Waals surface area contributed by atoms with Gasteiger partial charge in [0.1, 0.15) is 16.9 Å². The second-order valence-electron chi connectivity index (χ2n) is 5.05. The van der Waals surface area contributed by atoms with E-state index in [1.54, 1.807) is 0 Å². The summed E-state index contributed by atoms with van der Waals surface area (Å²) in [6.07, 6.45) is 10.5. The first kappa shape index (κ1) is 11.3. The zero-order chi connectivity index (χ0) is 13.4. The maximum Gasteiger partial charge on any atom is 0.131 e. The van der Waals surface area contributed by atoms with Crippen LogP contribution >= 0.6 is 0 Å². The van der Waals surface area contributed by atoms with E-state index in [0.717, 1.165) is 11.5 Å². The SMILES string of the molecule is C1=CC=C2Oc3ccccc3C2(c2ccccc2)C=C1. The summed E-state index contributed by atoms with van der Waals surface area (Å²) in [5.41, 5.74) is 2.13. The maximum atomic E-state index is 6.11. The van der Waals surface area contributed by atoms with Gasteiger partial charge in [0.25, 0.3) is 0 Å². The van der Waals surface area contributed by atoms with E-state index >= 15 is 0 Å². The molecule has 0 saturated carbocycles. The fraction of sp³-hybridized carbons (Fsp3) is 0.0526. The fourth-order valence-corrected chi connectivity index (χ4v) is 3.05. The molecule has 0 fully saturated rings. The van der Waals surface area contributed by atoms with Crippen molar-refractivity contribution in [2.75, 3.05) is 0 Å². The summed E-state index contributed by atoms with van der Waals surface area (Å²) in [6.45, 7) is 0. The van der Waals surface area contributed by atoms with Crippen LogP contribution in [0.3, 0.4) is 0 Å². The van der Waals surface area contributed by atoms with Crippen LogP contribution in [0.4, 0.5) is 0 Å². The molecule has 0 spiro atoms. The molecule has 2 aliphatic rings. The third kappa shape index (κ3) is 1.44. The summed E-state index contributed by atoms with van der Waals surface area (Å²) in [6, 6.07) is 18.8. The van der Waals surface area contributed by atoms with Crippen molar-refractivity contribution in [3.63, 3.8) is 0 Å². The van der Waals surface area contributed by atoms with Gasteiger partial charge in [-0.15, -0.1) is 0 Å². The second kappa shape index (κ2) is 4.24. The molecule has 1 atom stereocenters. The molecule has 1 aliphatic heterocycles. The van der Waals surface area contributed by atoms with Crippen LogP contribution in [-0.4, -0.2) is 0 Å². The highest BCUT2D eigenvalue weighted by Crippen LogP contribution is 2.51. The van der Waals surface area contributed by atoms with Crippen LogP contribution < -0.4 is 4.74 Å². The summed E-state index contributed by atoms with van der Waals surface area (Å²) >= 11 is 0. The number of para-hydroxylation sites is 1. The zero-order valence-corrected chi connectivity index (χ0v) is 11.0. The smallest absolute Gasteiger partial charge is 0.131 e. The Morgan fingerprint density at radius 2 is 1.55 bits per heavy atom. The normalized spacial score (nSPS) is 22.5. The van der Waals surface area contributed by atoms with E-state index in [9.17, 15) is 0 Å². The molecule has 20 heavy (non-hydrogen) atoms. The number of fused-ring (bicyclic) bond motifs is 3. The van der Waals surface area contributed by atoms with Crippen molar-refractivity contribution in [1.82, 2.24) is 0 Å². The maximum absolute atomic E-state index is 6.11. The van der Waals surface area contributed by atoms with E-state index in [-0.39, 0.29) is 5.41 Å². The number of allylic oxidation sites excluding steroid dienone is 5. The molecular weight excluding hydrogens is 244 g/mol. The van der Waals surface area contributed by atoms with Crippen molar-refractivity contribution in [2.24, 2.45) is 0 Å². The van der Waals surface area contributed by atoms with Gasteiger partial charge in [0.15, 0.2) is 0 Å². The summed E-state index contributed by atoms with van der Waals surface area (Å²) in [5, 5.41) is 0. The average molecular weight is 258 g/mol. The minimum absolute atomic E-state index is 0.304. The largest absolute Gasteiger partial charge is 0.460 e. The highest BCUT2D eigenvalue weighted by molar-refractivity contribution is 5.63. The van der Waals surface area contributed by atoms with E-state index in [0.29, 0.717) is 0 Å². The molecule has 1 unspecified atom stereocenters. The predicted molar refractivity (Wildman–Crippen MR) is 80.7 cm³/mol. The van der Waals surface area contributed by atoms with Crippen molar-refractivity contribution in [2.45, 2.75) is 5.41 Å². The van der Waals surface area contributed by atoms with Gasteiger partial charge in [-0.1, -0.05) is 72.8 Å². The van der Waals surface area contributed by atoms with Crippen molar-refractivity contribution >= 4 is 0 Å². The molecule has 0 saturated heterocycles. The van der Waals surface area contributed by atoms with Gasteiger partial charge in [-0.25, -0.2) is 0 Å². The molecule has 0 bridgehead atoms. The molecule has 2 aromatic carbocycles. The topological polar surface area (TPSA) is 9.23 Å². The number of ether oxygens (including phenoxy) is 1. The van der Waals surface area contributed by atoms with Crippen LogP contribution in [0, 0.1) is 0 Å². The molecule has 0 radical (unpaired) electrons. The van der Waals surface area contributed by atoms with E-state index in [1.165, 1.54) is 11.1 Å². The van der Waals surface area contributed by atoms with Crippen molar-refractivity contribution in [3.05, 3.63) is 102 Å². The Bertz CT molecular complexity index is 737. The molecule has 1 aliphatic carbocycles. The van der Waals surface area contributed by atoms with Gasteiger partial charge < -0.3 is 4.74 Å². The lowest BCUT2D eigenvalue weighted by atomic mass is 9.74. The molecule has 0 N–H and O–H groups in total. The number of rotatable bonds is 1. The van der Waals surface area contributed by atoms with Crippen LogP contribution in [0.25, 0.3) is 0 Å². The summed E-state index contributed by atoms with van der Waals surface area (Å²) < 4.78 is 6.11. The monoisotopic (exact) mass is 258 g/mol. The first-order valence-electron chi connectivity index (χ1n) is 6.81. The van der Waals surface area contributed by atoms with Gasteiger partial charge in [0.2, 0.25) is 0 Å². The predicted octanol–water partition coefficient (Wildman–Crippen LogP) is 4.38. The lowest BCUT2D eigenvalue weighted by Crippen LogP contribution is -2.24. The van der Waals surface area contributed by atoms with Crippen molar-refractivity contribution < 1.29 is 4.74 Å². The second-order valence-corrected chi connectivity index (χ2v) is 5.05. The molecule has 0 aromatic heterocycles. The number of hydrogen-bond acceptors (Lipinski definition) is 1. The van der Waals surface area contributed by atoms with E-state index in [4.69, 9.17) is 4.74 Å². The Morgan fingerprint density at radius 3 is 2.45 bits per heavy atom. The Labute approximate surface area is 118 Å². The molecule has 2 aromatic rings. The average Bonchev–Trinajstić information content (AvgIpc) is 2.68. The van der Waals surface area contributed by atoms with Crippen LogP contribution in [0.1, 0.15) is 11.1 Å². The molecule has 96 valence electrons. The molecule has 4 rings (SSSR count). The molecule has 1 heteroatoms. The summed E-state index contributed by atoms with van der Waals surface area (Å²) in [4.78, 5) is 0. The van der Waals surface area contributed by atoms with Crippen LogP contribution in [0.15, 0.2) is 90.7 Å². The van der Waals surface area contributed by atoms with Gasteiger partial charge in [0, 0.05) is 5.56 Å². The van der Waals surface area contributed by atoms with Crippen LogP contribution in [0.2, 0.25) is 0 Å². The third-order valence-electron chi connectivity index (χ3n) is 3.97. The van der Waals surface area contributed by atoms with Crippen molar-refractivity contribution in [3.8, 4) is 5.75 Å². The fourth-order valence-electron chi connectivity index (χ4n) is 3.05. The Hall–Kier alpha value is -2.54. The third-order valence-corrected chi connectivity index (χ3v) is 3.97. The Balaban J connectivity index is 2.06. The first-order valence-corrected chi connectivity index (χ1v) is 6.81. The lowest BCUT2D eigenvalue weighted by molar-refractivity contribution is 0.417. The molecule has 1 nitrogen and oxygen atoms in total. The Morgan fingerprint density at radius 1 is 0.750 bits per heavy atom. The van der Waals surface area contributed by atoms with E-state index in [1.807, 2.05) is 30.4 Å². The van der Waals surface area contributed by atoms with Crippen LogP contribution in [-0.2, 0) is 5.41 Å². The van der Waals surface area contributed by atoms with Crippen LogP contribution in [0.5, 0.6) is 5.75 Å².